The minimum Gasteiger partial charge on any atom is -0.396 e. The van der Waals surface area contributed by atoms with Crippen molar-refractivity contribution in [2.75, 3.05) is 36.0 Å². The number of hydrogen-bond acceptors (Lipinski definition) is 8. The summed E-state index contributed by atoms with van der Waals surface area (Å²) in [4.78, 5) is 26.9. The first-order valence-corrected chi connectivity index (χ1v) is 9.77. The molecule has 4 heterocycles. The average molecular weight is 394 g/mol. The van der Waals surface area contributed by atoms with Crippen LogP contribution in [0.3, 0.4) is 0 Å². The van der Waals surface area contributed by atoms with Crippen molar-refractivity contribution in [3.05, 3.63) is 48.6 Å². The molecule has 3 aromatic heterocycles. The van der Waals surface area contributed by atoms with Gasteiger partial charge in [0.25, 0.3) is 0 Å². The van der Waals surface area contributed by atoms with E-state index in [1.807, 2.05) is 29.8 Å². The molecule has 1 saturated heterocycles. The van der Waals surface area contributed by atoms with Gasteiger partial charge in [-0.15, -0.1) is 0 Å². The highest BCUT2D eigenvalue weighted by Gasteiger charge is 2.35. The number of aromatic nitrogens is 6. The molecule has 29 heavy (non-hydrogen) atoms. The molecule has 0 aromatic carbocycles. The molecule has 1 fully saturated rings. The number of aryl methyl sites for hydroxylation is 1. The van der Waals surface area contributed by atoms with Crippen LogP contribution in [0.5, 0.6) is 0 Å². The third-order valence-electron chi connectivity index (χ3n) is 5.20. The summed E-state index contributed by atoms with van der Waals surface area (Å²) in [5, 5.41) is 9.17. The van der Waals surface area contributed by atoms with Crippen LogP contribution in [0, 0.1) is 6.92 Å². The van der Waals surface area contributed by atoms with E-state index >= 15 is 0 Å². The Hall–Kier alpha value is -3.07. The van der Waals surface area contributed by atoms with Gasteiger partial charge in [0.15, 0.2) is 0 Å². The molecule has 1 N–H and O–H groups in total. The Morgan fingerprint density at radius 1 is 1.00 bits per heavy atom. The zero-order valence-corrected chi connectivity index (χ0v) is 17.0. The number of aliphatic hydroxyl groups is 1. The van der Waals surface area contributed by atoms with Gasteiger partial charge in [-0.05, 0) is 32.9 Å². The standard InChI is InChI=1S/C20H26N8O/c1-15-21-9-10-27(15)19-23-8-4-17(25-19)26-11-12-28(20(2,3)14-26)18-5-7-22-16(24-18)6-13-29/h4-5,7-10,29H,6,11-14H2,1-3H3. The fourth-order valence-corrected chi connectivity index (χ4v) is 3.75. The van der Waals surface area contributed by atoms with Gasteiger partial charge in [-0.25, -0.2) is 19.9 Å². The lowest BCUT2D eigenvalue weighted by Crippen LogP contribution is -2.60. The Morgan fingerprint density at radius 2 is 1.79 bits per heavy atom. The number of hydrogen-bond donors (Lipinski definition) is 1. The predicted octanol–water partition coefficient (Wildman–Crippen LogP) is 1.40. The molecule has 0 spiro atoms. The van der Waals surface area contributed by atoms with Crippen LogP contribution in [-0.2, 0) is 6.42 Å². The summed E-state index contributed by atoms with van der Waals surface area (Å²) in [7, 11) is 0. The van der Waals surface area contributed by atoms with Crippen molar-refractivity contribution in [1.29, 1.82) is 0 Å². The fourth-order valence-electron chi connectivity index (χ4n) is 3.75. The Morgan fingerprint density at radius 3 is 2.52 bits per heavy atom. The van der Waals surface area contributed by atoms with E-state index in [1.54, 1.807) is 18.6 Å². The maximum Gasteiger partial charge on any atom is 0.237 e. The highest BCUT2D eigenvalue weighted by atomic mass is 16.3. The quantitative estimate of drug-likeness (QED) is 0.694. The summed E-state index contributed by atoms with van der Waals surface area (Å²) in [5.74, 6) is 3.95. The maximum absolute atomic E-state index is 9.17. The first-order chi connectivity index (χ1) is 14.0. The molecule has 0 unspecified atom stereocenters. The summed E-state index contributed by atoms with van der Waals surface area (Å²) in [6.07, 6.45) is 7.64. The number of piperazine rings is 1. The van der Waals surface area contributed by atoms with Gasteiger partial charge in [0.05, 0.1) is 12.1 Å². The third kappa shape index (κ3) is 3.91. The number of nitrogens with zero attached hydrogens (tertiary/aromatic N) is 8. The Kier molecular flexibility index (Phi) is 5.14. The second-order valence-electron chi connectivity index (χ2n) is 7.75. The highest BCUT2D eigenvalue weighted by molar-refractivity contribution is 5.48. The predicted molar refractivity (Wildman–Crippen MR) is 110 cm³/mol. The Bertz CT molecular complexity index is 986. The molecule has 1 aliphatic heterocycles. The second kappa shape index (κ2) is 7.75. The van der Waals surface area contributed by atoms with Crippen LogP contribution in [-0.4, -0.2) is 66.4 Å². The van der Waals surface area contributed by atoms with Crippen LogP contribution >= 0.6 is 0 Å². The minimum absolute atomic E-state index is 0.0487. The molecule has 152 valence electrons. The minimum atomic E-state index is -0.154. The first-order valence-electron chi connectivity index (χ1n) is 9.77. The van der Waals surface area contributed by atoms with Crippen LogP contribution in [0.4, 0.5) is 11.6 Å². The van der Waals surface area contributed by atoms with Crippen LogP contribution < -0.4 is 9.80 Å². The normalized spacial score (nSPS) is 16.3. The molecular weight excluding hydrogens is 368 g/mol. The molecule has 0 saturated carbocycles. The second-order valence-corrected chi connectivity index (χ2v) is 7.75. The molecule has 4 rings (SSSR count). The molecule has 9 heteroatoms. The Balaban J connectivity index is 1.55. The lowest BCUT2D eigenvalue weighted by Gasteiger charge is -2.48. The van der Waals surface area contributed by atoms with Crippen molar-refractivity contribution >= 4 is 11.6 Å². The van der Waals surface area contributed by atoms with E-state index in [0.717, 1.165) is 37.1 Å². The lowest BCUT2D eigenvalue weighted by molar-refractivity contribution is 0.296. The SMILES string of the molecule is Cc1nccn1-c1nccc(N2CCN(c3ccnc(CCO)n3)C(C)(C)C2)n1. The molecule has 0 aliphatic carbocycles. The number of imidazole rings is 1. The zero-order valence-electron chi connectivity index (χ0n) is 17.0. The Labute approximate surface area is 170 Å². The lowest BCUT2D eigenvalue weighted by atomic mass is 9.98. The third-order valence-corrected chi connectivity index (χ3v) is 5.20. The largest absolute Gasteiger partial charge is 0.396 e. The van der Waals surface area contributed by atoms with Crippen LogP contribution in [0.1, 0.15) is 25.5 Å². The molecule has 0 atom stereocenters. The van der Waals surface area contributed by atoms with Crippen LogP contribution in [0.15, 0.2) is 36.9 Å². The van der Waals surface area contributed by atoms with E-state index in [1.165, 1.54) is 0 Å². The number of aliphatic hydroxyl groups excluding tert-OH is 1. The van der Waals surface area contributed by atoms with E-state index in [0.29, 0.717) is 18.2 Å². The highest BCUT2D eigenvalue weighted by Crippen LogP contribution is 2.28. The van der Waals surface area contributed by atoms with Crippen molar-refractivity contribution in [3.63, 3.8) is 0 Å². The van der Waals surface area contributed by atoms with Crippen molar-refractivity contribution in [3.8, 4) is 5.95 Å². The van der Waals surface area contributed by atoms with Gasteiger partial charge in [0.1, 0.15) is 23.3 Å². The van der Waals surface area contributed by atoms with Gasteiger partial charge >= 0.3 is 0 Å². The van der Waals surface area contributed by atoms with Gasteiger partial charge in [0, 0.05) is 50.8 Å². The molecule has 0 amide bonds. The van der Waals surface area contributed by atoms with Crippen molar-refractivity contribution in [2.45, 2.75) is 32.7 Å². The average Bonchev–Trinajstić information content (AvgIpc) is 3.14. The molecule has 9 nitrogen and oxygen atoms in total. The summed E-state index contributed by atoms with van der Waals surface area (Å²) >= 11 is 0. The van der Waals surface area contributed by atoms with E-state index in [2.05, 4.69) is 43.6 Å². The molecule has 0 radical (unpaired) electrons. The summed E-state index contributed by atoms with van der Waals surface area (Å²) in [6.45, 7) is 8.82. The van der Waals surface area contributed by atoms with Crippen LogP contribution in [0.2, 0.25) is 0 Å². The zero-order chi connectivity index (χ0) is 20.4. The van der Waals surface area contributed by atoms with Crippen LogP contribution in [0.25, 0.3) is 5.95 Å². The van der Waals surface area contributed by atoms with Gasteiger partial charge in [0.2, 0.25) is 5.95 Å². The van der Waals surface area contributed by atoms with E-state index in [9.17, 15) is 5.11 Å². The molecule has 0 bridgehead atoms. The van der Waals surface area contributed by atoms with Gasteiger partial charge in [-0.3, -0.25) is 4.57 Å². The molecular formula is C20H26N8O. The van der Waals surface area contributed by atoms with Crippen molar-refractivity contribution < 1.29 is 5.11 Å². The van der Waals surface area contributed by atoms with Gasteiger partial charge < -0.3 is 14.9 Å². The molecule has 1 aliphatic rings. The summed E-state index contributed by atoms with van der Waals surface area (Å²) < 4.78 is 1.88. The van der Waals surface area contributed by atoms with E-state index in [4.69, 9.17) is 4.98 Å². The van der Waals surface area contributed by atoms with E-state index in [-0.39, 0.29) is 12.1 Å². The monoisotopic (exact) mass is 394 g/mol. The summed E-state index contributed by atoms with van der Waals surface area (Å²) in [6, 6.07) is 3.88. The van der Waals surface area contributed by atoms with Crippen molar-refractivity contribution in [1.82, 2.24) is 29.5 Å². The smallest absolute Gasteiger partial charge is 0.237 e. The molecule has 3 aromatic rings. The summed E-state index contributed by atoms with van der Waals surface area (Å²) in [5.41, 5.74) is -0.154. The van der Waals surface area contributed by atoms with E-state index < -0.39 is 0 Å². The number of anilines is 2. The van der Waals surface area contributed by atoms with Gasteiger partial charge in [-0.1, -0.05) is 0 Å². The van der Waals surface area contributed by atoms with Crippen molar-refractivity contribution in [2.24, 2.45) is 0 Å². The first kappa shape index (κ1) is 19.3. The maximum atomic E-state index is 9.17. The fraction of sp³-hybridized carbons (Fsp3) is 0.450. The number of rotatable bonds is 5. The topological polar surface area (TPSA) is 96.1 Å². The van der Waals surface area contributed by atoms with Gasteiger partial charge in [-0.2, -0.15) is 4.98 Å².